The van der Waals surface area contributed by atoms with Gasteiger partial charge in [-0.15, -0.1) is 0 Å². The molecule has 3 rings (SSSR count). The number of nitrogens with one attached hydrogen (secondary N) is 1. The zero-order valence-corrected chi connectivity index (χ0v) is 21.6. The highest BCUT2D eigenvalue weighted by Crippen LogP contribution is 2.33. The minimum atomic E-state index is -3.95. The van der Waals surface area contributed by atoms with Gasteiger partial charge >= 0.3 is 0 Å². The van der Waals surface area contributed by atoms with E-state index in [1.54, 1.807) is 37.3 Å². The van der Waals surface area contributed by atoms with Crippen LogP contribution in [0.15, 0.2) is 79.8 Å². The van der Waals surface area contributed by atoms with Crippen molar-refractivity contribution in [3.8, 4) is 11.5 Å². The topological polar surface area (TPSA) is 98.8 Å². The molecule has 33 heavy (non-hydrogen) atoms. The third-order valence-corrected chi connectivity index (χ3v) is 9.16. The summed E-state index contributed by atoms with van der Waals surface area (Å²) in [7, 11) is -4.74. The van der Waals surface area contributed by atoms with E-state index in [-0.39, 0.29) is 21.2 Å². The van der Waals surface area contributed by atoms with E-state index in [0.717, 1.165) is 10.0 Å². The summed E-state index contributed by atoms with van der Waals surface area (Å²) in [5, 5.41) is 0. The van der Waals surface area contributed by atoms with Crippen molar-refractivity contribution < 1.29 is 26.3 Å². The number of sulfone groups is 1. The number of hydrogen-bond acceptors (Lipinski definition) is 6. The van der Waals surface area contributed by atoms with Crippen molar-refractivity contribution in [2.75, 3.05) is 20.8 Å². The number of rotatable bonds is 9. The summed E-state index contributed by atoms with van der Waals surface area (Å²) in [6.07, 6.45) is 0.376. The Hall–Kier alpha value is -2.40. The molecule has 0 aliphatic carbocycles. The Labute approximate surface area is 202 Å². The van der Waals surface area contributed by atoms with Crippen LogP contribution < -0.4 is 14.2 Å². The van der Waals surface area contributed by atoms with Crippen LogP contribution in [0.1, 0.15) is 11.1 Å². The molecule has 0 bridgehead atoms. The maximum Gasteiger partial charge on any atom is 0.240 e. The lowest BCUT2D eigenvalue weighted by Crippen LogP contribution is -2.27. The van der Waals surface area contributed by atoms with Gasteiger partial charge in [-0.25, -0.2) is 21.6 Å². The Bertz CT molecular complexity index is 1360. The molecule has 0 aliphatic rings. The summed E-state index contributed by atoms with van der Waals surface area (Å²) in [4.78, 5) is -0.0587. The molecule has 0 spiro atoms. The lowest BCUT2D eigenvalue weighted by atomic mass is 10.1. The minimum absolute atomic E-state index is 0.0779. The first-order chi connectivity index (χ1) is 15.6. The van der Waals surface area contributed by atoms with Crippen molar-refractivity contribution in [3.63, 3.8) is 0 Å². The highest BCUT2D eigenvalue weighted by atomic mass is 79.9. The van der Waals surface area contributed by atoms with E-state index in [2.05, 4.69) is 20.7 Å². The molecule has 0 aromatic heterocycles. The zero-order chi connectivity index (χ0) is 24.2. The molecule has 10 heteroatoms. The number of sulfonamides is 1. The Morgan fingerprint density at radius 1 is 0.848 bits per heavy atom. The van der Waals surface area contributed by atoms with Crippen molar-refractivity contribution in [3.05, 3.63) is 76.3 Å². The SMILES string of the molecule is COc1cc(Br)c(CCNS(=O)(=O)c2cc(S(=O)(=O)c3ccccc3)ccc2C)cc1OC. The molecule has 0 radical (unpaired) electrons. The maximum absolute atomic E-state index is 13.0. The number of halogens is 1. The average Bonchev–Trinajstić information content (AvgIpc) is 2.80. The number of hydrogen-bond donors (Lipinski definition) is 1. The second-order valence-electron chi connectivity index (χ2n) is 7.19. The highest BCUT2D eigenvalue weighted by molar-refractivity contribution is 9.10. The zero-order valence-electron chi connectivity index (χ0n) is 18.3. The standard InChI is InChI=1S/C23H24BrNO6S2/c1-16-9-10-19(32(26,27)18-7-5-4-6-8-18)14-23(16)33(28,29)25-12-11-17-13-21(30-2)22(31-3)15-20(17)24/h4-10,13-15,25H,11-12H2,1-3H3. The maximum atomic E-state index is 13.0. The van der Waals surface area contributed by atoms with Gasteiger partial charge in [-0.2, -0.15) is 0 Å². The van der Waals surface area contributed by atoms with Crippen LogP contribution in [0.5, 0.6) is 11.5 Å². The first-order valence-electron chi connectivity index (χ1n) is 9.91. The predicted octanol–water partition coefficient (Wildman–Crippen LogP) is 4.13. The lowest BCUT2D eigenvalue weighted by Gasteiger charge is -2.14. The van der Waals surface area contributed by atoms with Crippen LogP contribution in [0.3, 0.4) is 0 Å². The van der Waals surface area contributed by atoms with Crippen LogP contribution in [0.2, 0.25) is 0 Å². The Balaban J connectivity index is 1.83. The molecule has 3 aromatic rings. The summed E-state index contributed by atoms with van der Waals surface area (Å²) in [5.41, 5.74) is 1.27. The smallest absolute Gasteiger partial charge is 0.240 e. The number of methoxy groups -OCH3 is 2. The van der Waals surface area contributed by atoms with Crippen LogP contribution in [0.4, 0.5) is 0 Å². The van der Waals surface area contributed by atoms with Crippen LogP contribution >= 0.6 is 15.9 Å². The fourth-order valence-electron chi connectivity index (χ4n) is 3.26. The summed E-state index contributed by atoms with van der Waals surface area (Å²) < 4.78 is 65.7. The van der Waals surface area contributed by atoms with Crippen molar-refractivity contribution >= 4 is 35.8 Å². The molecule has 0 atom stereocenters. The van der Waals surface area contributed by atoms with Gasteiger partial charge in [0, 0.05) is 11.0 Å². The van der Waals surface area contributed by atoms with Gasteiger partial charge in [0.15, 0.2) is 11.5 Å². The average molecular weight is 554 g/mol. The van der Waals surface area contributed by atoms with Crippen LogP contribution in [0.25, 0.3) is 0 Å². The molecule has 7 nitrogen and oxygen atoms in total. The second kappa shape index (κ2) is 10.3. The molecule has 0 saturated carbocycles. The predicted molar refractivity (Wildman–Crippen MR) is 129 cm³/mol. The summed E-state index contributed by atoms with van der Waals surface area (Å²) >= 11 is 3.46. The molecule has 0 amide bonds. The Morgan fingerprint density at radius 3 is 2.12 bits per heavy atom. The van der Waals surface area contributed by atoms with Gasteiger partial charge in [0.05, 0.1) is 28.9 Å². The van der Waals surface area contributed by atoms with Gasteiger partial charge in [-0.1, -0.05) is 40.2 Å². The molecule has 0 fully saturated rings. The number of aryl methyl sites for hydroxylation is 1. The molecule has 176 valence electrons. The minimum Gasteiger partial charge on any atom is -0.493 e. The largest absolute Gasteiger partial charge is 0.493 e. The van der Waals surface area contributed by atoms with E-state index in [1.165, 1.54) is 44.6 Å². The van der Waals surface area contributed by atoms with Gasteiger partial charge in [0.1, 0.15) is 0 Å². The van der Waals surface area contributed by atoms with E-state index in [0.29, 0.717) is 23.5 Å². The molecule has 0 saturated heterocycles. The quantitative estimate of drug-likeness (QED) is 0.427. The molecular weight excluding hydrogens is 530 g/mol. The number of benzene rings is 3. The van der Waals surface area contributed by atoms with Crippen molar-refractivity contribution in [1.29, 1.82) is 0 Å². The van der Waals surface area contributed by atoms with Gasteiger partial charge < -0.3 is 9.47 Å². The molecular formula is C23H24BrNO6S2. The fourth-order valence-corrected chi connectivity index (χ4v) is 6.46. The van der Waals surface area contributed by atoms with Crippen molar-refractivity contribution in [2.24, 2.45) is 0 Å². The molecule has 0 aliphatic heterocycles. The third-order valence-electron chi connectivity index (χ3n) is 5.05. The molecule has 0 heterocycles. The van der Waals surface area contributed by atoms with Gasteiger partial charge in [0.25, 0.3) is 0 Å². The van der Waals surface area contributed by atoms with E-state index < -0.39 is 19.9 Å². The summed E-state index contributed by atoms with van der Waals surface area (Å²) in [6, 6.07) is 15.5. The molecule has 0 unspecified atom stereocenters. The first kappa shape index (κ1) is 25.2. The highest BCUT2D eigenvalue weighted by Gasteiger charge is 2.23. The Morgan fingerprint density at radius 2 is 1.48 bits per heavy atom. The van der Waals surface area contributed by atoms with Gasteiger partial charge in [-0.3, -0.25) is 0 Å². The van der Waals surface area contributed by atoms with Crippen LogP contribution in [0, 0.1) is 6.92 Å². The van der Waals surface area contributed by atoms with Crippen LogP contribution in [-0.4, -0.2) is 37.6 Å². The molecule has 1 N–H and O–H groups in total. The van der Waals surface area contributed by atoms with Gasteiger partial charge in [-0.05, 0) is 60.9 Å². The van der Waals surface area contributed by atoms with E-state index in [9.17, 15) is 16.8 Å². The second-order valence-corrected chi connectivity index (χ2v) is 11.7. The summed E-state index contributed by atoms with van der Waals surface area (Å²) in [5.74, 6) is 1.09. The normalized spacial score (nSPS) is 11.9. The fraction of sp³-hybridized carbons (Fsp3) is 0.217. The first-order valence-corrected chi connectivity index (χ1v) is 13.7. The van der Waals surface area contributed by atoms with Gasteiger partial charge in [0.2, 0.25) is 19.9 Å². The monoisotopic (exact) mass is 553 g/mol. The van der Waals surface area contributed by atoms with Crippen LogP contribution in [-0.2, 0) is 26.3 Å². The van der Waals surface area contributed by atoms with E-state index in [4.69, 9.17) is 9.47 Å². The van der Waals surface area contributed by atoms with Crippen molar-refractivity contribution in [1.82, 2.24) is 4.72 Å². The van der Waals surface area contributed by atoms with E-state index >= 15 is 0 Å². The lowest BCUT2D eigenvalue weighted by molar-refractivity contribution is 0.354. The molecule has 3 aromatic carbocycles. The Kier molecular flexibility index (Phi) is 7.84. The van der Waals surface area contributed by atoms with E-state index in [1.807, 2.05) is 0 Å². The van der Waals surface area contributed by atoms with Crippen molar-refractivity contribution in [2.45, 2.75) is 28.0 Å². The third kappa shape index (κ3) is 5.57. The summed E-state index contributed by atoms with van der Waals surface area (Å²) in [6.45, 7) is 1.73. The number of ether oxygens (including phenoxy) is 2.